The lowest BCUT2D eigenvalue weighted by Gasteiger charge is -2.13. The van der Waals surface area contributed by atoms with E-state index in [9.17, 15) is 21.6 Å². The zero-order valence-corrected chi connectivity index (χ0v) is 17.1. The number of anilines is 2. The van der Waals surface area contributed by atoms with Crippen molar-refractivity contribution in [3.63, 3.8) is 0 Å². The summed E-state index contributed by atoms with van der Waals surface area (Å²) in [6.07, 6.45) is 0. The van der Waals surface area contributed by atoms with Crippen LogP contribution in [0, 0.1) is 0 Å². The van der Waals surface area contributed by atoms with Gasteiger partial charge >= 0.3 is 0 Å². The number of rotatable bonds is 5. The Hall–Kier alpha value is -2.95. The lowest BCUT2D eigenvalue weighted by atomic mass is 10.1. The van der Waals surface area contributed by atoms with E-state index in [-0.39, 0.29) is 21.4 Å². The highest BCUT2D eigenvalue weighted by Crippen LogP contribution is 2.37. The van der Waals surface area contributed by atoms with Gasteiger partial charge in [-0.3, -0.25) is 9.52 Å². The van der Waals surface area contributed by atoms with Gasteiger partial charge in [-0.15, -0.1) is 0 Å². The highest BCUT2D eigenvalue weighted by atomic mass is 32.2. The van der Waals surface area contributed by atoms with E-state index in [2.05, 4.69) is 10.0 Å². The largest absolute Gasteiger partial charge is 0.321 e. The van der Waals surface area contributed by atoms with Crippen LogP contribution in [0.1, 0.15) is 10.4 Å². The average Bonchev–Trinajstić information content (AvgIpc) is 2.99. The highest BCUT2D eigenvalue weighted by Gasteiger charge is 2.26. The molecule has 0 saturated carbocycles. The maximum atomic E-state index is 13.0. The first kappa shape index (κ1) is 19.4. The maximum Gasteiger partial charge on any atom is 0.262 e. The monoisotopic (exact) mass is 431 g/mol. The lowest BCUT2D eigenvalue weighted by molar-refractivity contribution is 0.103. The number of hydrogen-bond donors (Lipinski definition) is 2. The highest BCUT2D eigenvalue weighted by molar-refractivity contribution is 7.93. The quantitative estimate of drug-likeness (QED) is 0.644. The second-order valence-electron chi connectivity index (χ2n) is 6.71. The molecule has 0 aliphatic carbocycles. The summed E-state index contributed by atoms with van der Waals surface area (Å²) in [5, 5.41) is 3.70. The maximum absolute atomic E-state index is 13.0. The van der Waals surface area contributed by atoms with Crippen LogP contribution in [0.4, 0.5) is 11.4 Å². The predicted octanol–water partition coefficient (Wildman–Crippen LogP) is 2.46. The number of benzene rings is 3. The number of amides is 1. The van der Waals surface area contributed by atoms with Crippen LogP contribution in [0.5, 0.6) is 0 Å². The van der Waals surface area contributed by atoms with Crippen molar-refractivity contribution in [3.8, 4) is 0 Å². The van der Waals surface area contributed by atoms with E-state index in [4.69, 9.17) is 0 Å². The number of carbonyl (C=O) groups excluding carboxylic acids is 1. The normalized spacial score (nSPS) is 13.7. The van der Waals surface area contributed by atoms with Crippen molar-refractivity contribution in [1.29, 1.82) is 0 Å². The summed E-state index contributed by atoms with van der Waals surface area (Å²) in [6.45, 7) is 0. The minimum atomic E-state index is -3.98. The van der Waals surface area contributed by atoms with Crippen LogP contribution < -0.4 is 10.0 Å². The van der Waals surface area contributed by atoms with Gasteiger partial charge in [0.05, 0.1) is 9.79 Å². The minimum absolute atomic E-state index is 0.0274. The first-order valence-corrected chi connectivity index (χ1v) is 11.5. The molecule has 0 saturated heterocycles. The van der Waals surface area contributed by atoms with Crippen LogP contribution >= 0.6 is 0 Å². The van der Waals surface area contributed by atoms with Gasteiger partial charge in [0.2, 0.25) is 10.0 Å². The number of hydrogen-bond acceptors (Lipinski definition) is 5. The fraction of sp³-hybridized carbons (Fsp3) is 0.105. The zero-order valence-electron chi connectivity index (χ0n) is 15.5. The van der Waals surface area contributed by atoms with E-state index in [0.29, 0.717) is 22.0 Å². The Morgan fingerprint density at radius 2 is 1.59 bits per heavy atom. The van der Waals surface area contributed by atoms with E-state index in [1.807, 2.05) is 0 Å². The lowest BCUT2D eigenvalue weighted by Crippen LogP contribution is -2.22. The van der Waals surface area contributed by atoms with Crippen molar-refractivity contribution in [3.05, 3.63) is 60.2 Å². The average molecular weight is 431 g/mol. The molecule has 1 amide bonds. The Labute approximate surface area is 168 Å². The molecule has 1 heterocycles. The third-order valence-corrected chi connectivity index (χ3v) is 7.94. The van der Waals surface area contributed by atoms with Crippen LogP contribution in [-0.4, -0.2) is 41.1 Å². The summed E-state index contributed by atoms with van der Waals surface area (Å²) < 4.78 is 53.8. The van der Waals surface area contributed by atoms with Crippen molar-refractivity contribution < 1.29 is 21.6 Å². The molecule has 3 aromatic carbocycles. The number of nitrogens with zero attached hydrogens (tertiary/aromatic N) is 1. The molecule has 0 unspecified atom stereocenters. The van der Waals surface area contributed by atoms with Crippen LogP contribution in [0.3, 0.4) is 0 Å². The van der Waals surface area contributed by atoms with Gasteiger partial charge in [-0.1, -0.05) is 12.1 Å². The molecule has 1 aliphatic rings. The summed E-state index contributed by atoms with van der Waals surface area (Å²) in [6, 6.07) is 13.3. The molecule has 29 heavy (non-hydrogen) atoms. The van der Waals surface area contributed by atoms with Gasteiger partial charge in [-0.2, -0.15) is 0 Å². The summed E-state index contributed by atoms with van der Waals surface area (Å²) in [5.41, 5.74) is 1.21. The Balaban J connectivity index is 1.73. The second kappa shape index (κ2) is 6.55. The minimum Gasteiger partial charge on any atom is -0.321 e. The van der Waals surface area contributed by atoms with Gasteiger partial charge in [0.25, 0.3) is 15.9 Å². The molecule has 0 fully saturated rings. The molecule has 4 rings (SSSR count). The molecule has 8 nitrogen and oxygen atoms in total. The fourth-order valence-corrected chi connectivity index (χ4v) is 5.38. The van der Waals surface area contributed by atoms with Crippen molar-refractivity contribution in [2.75, 3.05) is 24.1 Å². The molecule has 3 aromatic rings. The third kappa shape index (κ3) is 3.15. The summed E-state index contributed by atoms with van der Waals surface area (Å²) >= 11 is 0. The van der Waals surface area contributed by atoms with Gasteiger partial charge in [0.15, 0.2) is 0 Å². The number of sulfonamides is 2. The Bertz CT molecular complexity index is 1360. The smallest absolute Gasteiger partial charge is 0.262 e. The Morgan fingerprint density at radius 1 is 0.897 bits per heavy atom. The molecule has 0 radical (unpaired) electrons. The topological polar surface area (TPSA) is 113 Å². The molecule has 0 spiro atoms. The van der Waals surface area contributed by atoms with E-state index >= 15 is 0 Å². The van der Waals surface area contributed by atoms with Crippen LogP contribution in [0.15, 0.2) is 64.4 Å². The SMILES string of the molecule is CN(C)S(=O)(=O)c1ccc(NS(=O)(=O)c2ccc3c4c(cccc24)C(=O)N3)cc1. The van der Waals surface area contributed by atoms with Crippen molar-refractivity contribution in [1.82, 2.24) is 4.31 Å². The number of carbonyl (C=O) groups is 1. The molecule has 1 aliphatic heterocycles. The molecule has 150 valence electrons. The number of nitrogens with one attached hydrogen (secondary N) is 2. The van der Waals surface area contributed by atoms with Gasteiger partial charge in [-0.25, -0.2) is 21.1 Å². The summed E-state index contributed by atoms with van der Waals surface area (Å²) in [4.78, 5) is 12.1. The third-order valence-electron chi connectivity index (χ3n) is 4.67. The van der Waals surface area contributed by atoms with Gasteiger partial charge in [-0.05, 0) is 42.5 Å². The zero-order chi connectivity index (χ0) is 21.0. The fourth-order valence-electron chi connectivity index (χ4n) is 3.21. The van der Waals surface area contributed by atoms with Crippen molar-refractivity contribution in [2.24, 2.45) is 0 Å². The predicted molar refractivity (Wildman–Crippen MR) is 110 cm³/mol. The second-order valence-corrected chi connectivity index (χ2v) is 10.5. The van der Waals surface area contributed by atoms with Crippen LogP contribution in [0.25, 0.3) is 10.8 Å². The van der Waals surface area contributed by atoms with E-state index in [1.165, 1.54) is 44.4 Å². The van der Waals surface area contributed by atoms with E-state index in [1.54, 1.807) is 24.3 Å². The Kier molecular flexibility index (Phi) is 4.37. The molecular weight excluding hydrogens is 414 g/mol. The molecule has 10 heteroatoms. The van der Waals surface area contributed by atoms with Gasteiger partial charge in [0, 0.05) is 41.8 Å². The molecular formula is C19H17N3O5S2. The summed E-state index contributed by atoms with van der Waals surface area (Å²) in [7, 11) is -4.75. The van der Waals surface area contributed by atoms with E-state index in [0.717, 1.165) is 4.31 Å². The van der Waals surface area contributed by atoms with Crippen LogP contribution in [-0.2, 0) is 20.0 Å². The summed E-state index contributed by atoms with van der Waals surface area (Å²) in [5.74, 6) is -0.272. The first-order chi connectivity index (χ1) is 13.6. The van der Waals surface area contributed by atoms with E-state index < -0.39 is 20.0 Å². The Morgan fingerprint density at radius 3 is 2.24 bits per heavy atom. The van der Waals surface area contributed by atoms with Crippen molar-refractivity contribution >= 4 is 48.1 Å². The van der Waals surface area contributed by atoms with Gasteiger partial charge < -0.3 is 5.32 Å². The molecule has 2 N–H and O–H groups in total. The molecule has 0 atom stereocenters. The van der Waals surface area contributed by atoms with Crippen LogP contribution in [0.2, 0.25) is 0 Å². The van der Waals surface area contributed by atoms with Gasteiger partial charge in [0.1, 0.15) is 0 Å². The molecule has 0 bridgehead atoms. The van der Waals surface area contributed by atoms with Crippen molar-refractivity contribution in [2.45, 2.75) is 9.79 Å². The first-order valence-electron chi connectivity index (χ1n) is 8.54. The molecule has 0 aromatic heterocycles. The standard InChI is InChI=1S/C19H17N3O5S2/c1-22(2)29(26,27)13-8-6-12(7-9-13)21-28(24,25)17-11-10-16-18-14(17)4-3-5-15(18)19(23)20-16/h3-11,21H,1-2H3,(H,20,23).